The van der Waals surface area contributed by atoms with E-state index in [0.717, 1.165) is 66.8 Å². The van der Waals surface area contributed by atoms with Crippen molar-refractivity contribution in [2.45, 2.75) is 63.2 Å². The highest BCUT2D eigenvalue weighted by Gasteiger charge is 2.36. The summed E-state index contributed by atoms with van der Waals surface area (Å²) in [5.74, 6) is -0.0787. The molecule has 3 fully saturated rings. The Morgan fingerprint density at radius 2 is 1.83 bits per heavy atom. The maximum Gasteiger partial charge on any atom is 0.410 e. The minimum atomic E-state index is -0.638. The highest BCUT2D eigenvalue weighted by atomic mass is 32.2. The molecule has 4 aliphatic heterocycles. The molecule has 5 heterocycles. The fourth-order valence-electron chi connectivity index (χ4n) is 7.41. The number of aryl methyl sites for hydroxylation is 1. The number of thioether (sulfide) groups is 1. The van der Waals surface area contributed by atoms with Gasteiger partial charge in [0.2, 0.25) is 0 Å². The predicted octanol–water partition coefficient (Wildman–Crippen LogP) is 4.76. The van der Waals surface area contributed by atoms with Gasteiger partial charge in [-0.2, -0.15) is 4.98 Å². The second kappa shape index (κ2) is 12.9. The number of hydrogen-bond acceptors (Lipinski definition) is 9. The van der Waals surface area contributed by atoms with E-state index in [0.29, 0.717) is 54.9 Å². The maximum absolute atomic E-state index is 15.4. The second-order valence-electron chi connectivity index (χ2n) is 14.5. The van der Waals surface area contributed by atoms with Crippen LogP contribution in [0.3, 0.4) is 0 Å². The molecule has 1 aromatic heterocycles. The zero-order chi connectivity index (χ0) is 33.9. The first-order valence-corrected chi connectivity index (χ1v) is 17.8. The summed E-state index contributed by atoms with van der Waals surface area (Å²) in [5.41, 5.74) is 1.60. The molecule has 7 rings (SSSR count). The summed E-state index contributed by atoms with van der Waals surface area (Å²) in [6.45, 7) is 16.9. The Bertz CT molecular complexity index is 1790. The van der Waals surface area contributed by atoms with E-state index in [1.807, 2.05) is 45.3 Å². The van der Waals surface area contributed by atoms with Crippen molar-refractivity contribution < 1.29 is 23.0 Å². The zero-order valence-corrected chi connectivity index (χ0v) is 29.1. The van der Waals surface area contributed by atoms with Crippen LogP contribution in [0.25, 0.3) is 22.0 Å². The summed E-state index contributed by atoms with van der Waals surface area (Å²) < 4.78 is 42.2. The molecule has 48 heavy (non-hydrogen) atoms. The van der Waals surface area contributed by atoms with Gasteiger partial charge in [-0.15, -0.1) is 11.8 Å². The Morgan fingerprint density at radius 3 is 2.48 bits per heavy atom. The SMILES string of the molecule is Cc1cc2c(N3CCN(C(=O)OC(C)(C)C)C[C@@H]3C)nc(=O)n3c2c(c1-c1ccc(F)cc1F)SC[C@@H]3CN1CCN(C2COC2)CC1. The van der Waals surface area contributed by atoms with Crippen LogP contribution in [0.4, 0.5) is 19.4 Å². The van der Waals surface area contributed by atoms with Gasteiger partial charge < -0.3 is 19.3 Å². The summed E-state index contributed by atoms with van der Waals surface area (Å²) in [6, 6.07) is 5.89. The van der Waals surface area contributed by atoms with Crippen LogP contribution in [-0.4, -0.2) is 119 Å². The molecule has 0 saturated carbocycles. The first kappa shape index (κ1) is 33.2. The zero-order valence-electron chi connectivity index (χ0n) is 28.3. The lowest BCUT2D eigenvalue weighted by Gasteiger charge is -2.44. The molecule has 0 unspecified atom stereocenters. The third-order valence-electron chi connectivity index (χ3n) is 9.89. The summed E-state index contributed by atoms with van der Waals surface area (Å²) in [6.07, 6.45) is -0.359. The molecule has 2 aromatic carbocycles. The van der Waals surface area contributed by atoms with Crippen LogP contribution in [0.15, 0.2) is 34.0 Å². The van der Waals surface area contributed by atoms with E-state index in [1.165, 1.54) is 12.1 Å². The number of halogens is 2. The number of nitrogens with zero attached hydrogens (tertiary/aromatic N) is 6. The van der Waals surface area contributed by atoms with Gasteiger partial charge in [-0.25, -0.2) is 18.4 Å². The smallest absolute Gasteiger partial charge is 0.410 e. The molecule has 4 aliphatic rings. The van der Waals surface area contributed by atoms with E-state index >= 15 is 4.39 Å². The van der Waals surface area contributed by atoms with Gasteiger partial charge in [0.25, 0.3) is 0 Å². The Balaban J connectivity index is 1.27. The molecule has 1 amide bonds. The molecule has 0 spiro atoms. The fraction of sp³-hybridized carbons (Fsp3) is 0.571. The minimum Gasteiger partial charge on any atom is -0.444 e. The molecule has 10 nitrogen and oxygen atoms in total. The van der Waals surface area contributed by atoms with Crippen LogP contribution in [0.1, 0.15) is 39.3 Å². The summed E-state index contributed by atoms with van der Waals surface area (Å²) in [7, 11) is 0. The average Bonchev–Trinajstić information content (AvgIpc) is 2.99. The van der Waals surface area contributed by atoms with Crippen LogP contribution in [0.5, 0.6) is 0 Å². The Hall–Kier alpha value is -3.26. The molecule has 13 heteroatoms. The summed E-state index contributed by atoms with van der Waals surface area (Å²) >= 11 is 1.63. The van der Waals surface area contributed by atoms with Gasteiger partial charge in [0.15, 0.2) is 0 Å². The first-order valence-electron chi connectivity index (χ1n) is 16.8. The topological polar surface area (TPSA) is 83.4 Å². The number of benzene rings is 2. The van der Waals surface area contributed by atoms with Gasteiger partial charge in [0.1, 0.15) is 23.1 Å². The van der Waals surface area contributed by atoms with Crippen LogP contribution in [0, 0.1) is 18.6 Å². The van der Waals surface area contributed by atoms with E-state index in [1.54, 1.807) is 16.7 Å². The molecular weight excluding hydrogens is 638 g/mol. The van der Waals surface area contributed by atoms with Crippen molar-refractivity contribution in [1.29, 1.82) is 0 Å². The Morgan fingerprint density at radius 1 is 1.08 bits per heavy atom. The van der Waals surface area contributed by atoms with Crippen LogP contribution in [-0.2, 0) is 9.47 Å². The van der Waals surface area contributed by atoms with Gasteiger partial charge in [-0.1, -0.05) is 0 Å². The van der Waals surface area contributed by atoms with Gasteiger partial charge >= 0.3 is 11.8 Å². The van der Waals surface area contributed by atoms with Crippen LogP contribution < -0.4 is 10.6 Å². The van der Waals surface area contributed by atoms with Crippen molar-refractivity contribution in [3.05, 3.63) is 51.9 Å². The predicted molar refractivity (Wildman–Crippen MR) is 183 cm³/mol. The number of carbonyl (C=O) groups excluding carboxylic acids is 1. The minimum absolute atomic E-state index is 0.132. The van der Waals surface area contributed by atoms with E-state index < -0.39 is 17.2 Å². The molecule has 3 saturated heterocycles. The van der Waals surface area contributed by atoms with Crippen LogP contribution >= 0.6 is 11.8 Å². The number of piperazine rings is 2. The van der Waals surface area contributed by atoms with Gasteiger partial charge in [-0.05, 0) is 58.4 Å². The number of carbonyl (C=O) groups is 1. The largest absolute Gasteiger partial charge is 0.444 e. The van der Waals surface area contributed by atoms with E-state index in [-0.39, 0.29) is 23.9 Å². The normalized spacial score (nSPS) is 22.6. The van der Waals surface area contributed by atoms with Crippen LogP contribution in [0.2, 0.25) is 0 Å². The van der Waals surface area contributed by atoms with Crippen molar-refractivity contribution in [3.63, 3.8) is 0 Å². The number of ether oxygens (including phenoxy) is 2. The van der Waals surface area contributed by atoms with Crippen molar-refractivity contribution >= 4 is 34.6 Å². The number of hydrogen-bond donors (Lipinski definition) is 0. The van der Waals surface area contributed by atoms with Gasteiger partial charge in [-0.3, -0.25) is 14.4 Å². The lowest BCUT2D eigenvalue weighted by atomic mass is 9.96. The van der Waals surface area contributed by atoms with Crippen molar-refractivity contribution in [3.8, 4) is 11.1 Å². The number of rotatable bonds is 5. The Labute approximate surface area is 284 Å². The fourth-order valence-corrected chi connectivity index (χ4v) is 8.78. The maximum atomic E-state index is 15.4. The molecule has 0 bridgehead atoms. The molecule has 0 N–H and O–H groups in total. The van der Waals surface area contributed by atoms with Crippen molar-refractivity contribution in [2.75, 3.05) is 76.2 Å². The highest BCUT2D eigenvalue weighted by molar-refractivity contribution is 7.99. The monoisotopic (exact) mass is 682 g/mol. The lowest BCUT2D eigenvalue weighted by molar-refractivity contribution is -0.0773. The highest BCUT2D eigenvalue weighted by Crippen LogP contribution is 2.46. The van der Waals surface area contributed by atoms with Crippen molar-refractivity contribution in [2.24, 2.45) is 0 Å². The molecule has 0 aliphatic carbocycles. The lowest BCUT2D eigenvalue weighted by Crippen LogP contribution is -2.57. The van der Waals surface area contributed by atoms with Crippen molar-refractivity contribution in [1.82, 2.24) is 24.3 Å². The van der Waals surface area contributed by atoms with E-state index in [9.17, 15) is 14.0 Å². The molecular formula is C35H44F2N6O4S. The third kappa shape index (κ3) is 6.30. The standard InChI is InChI=1S/C35H44F2N6O4S/c1-21-14-27-30-31(29(21)26-7-6-23(36)15-28(26)37)48-20-24(17-39-8-10-40(11-9-39)25-18-46-19-25)43(30)33(44)38-32(27)42-13-12-41(16-22(42)2)34(45)47-35(3,4)5/h6-7,14-15,22,24-25H,8-13,16-20H2,1-5H3/t22-,24-/m0/s1. The van der Waals surface area contributed by atoms with Gasteiger partial charge in [0.05, 0.1) is 30.8 Å². The first-order chi connectivity index (χ1) is 22.9. The second-order valence-corrected chi connectivity index (χ2v) is 15.5. The Kier molecular flexibility index (Phi) is 8.93. The number of anilines is 1. The quantitative estimate of drug-likeness (QED) is 0.379. The number of amides is 1. The molecule has 0 radical (unpaired) electrons. The summed E-state index contributed by atoms with van der Waals surface area (Å²) in [5, 5.41) is 0.818. The average molecular weight is 683 g/mol. The molecule has 3 aromatic rings. The number of aromatic nitrogens is 2. The van der Waals surface area contributed by atoms with Gasteiger partial charge in [0, 0.05) is 91.6 Å². The molecule has 258 valence electrons. The molecule has 2 atom stereocenters. The summed E-state index contributed by atoms with van der Waals surface area (Å²) in [4.78, 5) is 41.4. The van der Waals surface area contributed by atoms with E-state index in [2.05, 4.69) is 14.7 Å². The van der Waals surface area contributed by atoms with E-state index in [4.69, 9.17) is 14.5 Å². The third-order valence-corrected chi connectivity index (χ3v) is 11.1.